The van der Waals surface area contributed by atoms with Gasteiger partial charge in [-0.1, -0.05) is 0 Å². The van der Waals surface area contributed by atoms with E-state index in [9.17, 15) is 18.0 Å². The van der Waals surface area contributed by atoms with Crippen LogP contribution in [0.15, 0.2) is 60.8 Å². The van der Waals surface area contributed by atoms with E-state index >= 15 is 0 Å². The Hall–Kier alpha value is -3.95. The van der Waals surface area contributed by atoms with Crippen LogP contribution in [-0.4, -0.2) is 33.7 Å². The fourth-order valence-electron chi connectivity index (χ4n) is 3.51. The topological polar surface area (TPSA) is 78.4 Å². The van der Waals surface area contributed by atoms with E-state index in [4.69, 9.17) is 9.47 Å². The third-order valence-electron chi connectivity index (χ3n) is 5.08. The summed E-state index contributed by atoms with van der Waals surface area (Å²) in [6.45, 7) is 4.03. The molecule has 0 saturated carbocycles. The molecule has 1 atom stereocenters. The summed E-state index contributed by atoms with van der Waals surface area (Å²) in [6, 6.07) is 14.7. The van der Waals surface area contributed by atoms with E-state index in [0.717, 1.165) is 10.9 Å². The Kier molecular flexibility index (Phi) is 6.49. The van der Waals surface area contributed by atoms with E-state index in [0.29, 0.717) is 29.3 Å². The van der Waals surface area contributed by atoms with Gasteiger partial charge in [-0.3, -0.25) is 9.89 Å². The fourth-order valence-corrected chi connectivity index (χ4v) is 3.51. The van der Waals surface area contributed by atoms with Crippen molar-refractivity contribution in [1.29, 1.82) is 0 Å². The summed E-state index contributed by atoms with van der Waals surface area (Å²) in [7, 11) is 0. The first-order chi connectivity index (χ1) is 16.2. The van der Waals surface area contributed by atoms with Crippen molar-refractivity contribution < 1.29 is 32.2 Å². The lowest BCUT2D eigenvalue weighted by Crippen LogP contribution is -2.16. The van der Waals surface area contributed by atoms with Gasteiger partial charge in [-0.25, -0.2) is 0 Å². The van der Waals surface area contributed by atoms with Crippen molar-refractivity contribution in [2.24, 2.45) is 0 Å². The number of hydrogen-bond acceptors (Lipinski definition) is 5. The van der Waals surface area contributed by atoms with Gasteiger partial charge in [-0.15, -0.1) is 13.2 Å². The van der Waals surface area contributed by atoms with E-state index in [1.165, 1.54) is 24.3 Å². The molecule has 0 spiro atoms. The predicted molar refractivity (Wildman–Crippen MR) is 118 cm³/mol. The molecule has 0 aliphatic heterocycles. The molecule has 2 aromatic heterocycles. The van der Waals surface area contributed by atoms with Crippen LogP contribution in [0.5, 0.6) is 11.5 Å². The first-order valence-electron chi connectivity index (χ1n) is 10.5. The maximum atomic E-state index is 12.3. The Morgan fingerprint density at radius 2 is 1.82 bits per heavy atom. The van der Waals surface area contributed by atoms with Gasteiger partial charge in [0.05, 0.1) is 23.5 Å². The zero-order valence-corrected chi connectivity index (χ0v) is 18.4. The quantitative estimate of drug-likeness (QED) is 0.336. The van der Waals surface area contributed by atoms with Gasteiger partial charge in [-0.05, 0) is 67.8 Å². The molecule has 0 amide bonds. The number of nitrogens with zero attached hydrogens (tertiary/aromatic N) is 2. The summed E-state index contributed by atoms with van der Waals surface area (Å²) < 4.78 is 53.8. The van der Waals surface area contributed by atoms with Gasteiger partial charge in [-0.2, -0.15) is 5.10 Å². The molecule has 1 N–H and O–H groups in total. The first-order valence-corrected chi connectivity index (χ1v) is 10.5. The molecule has 2 heterocycles. The summed E-state index contributed by atoms with van der Waals surface area (Å²) in [4.78, 5) is 11.9. The molecule has 0 saturated heterocycles. The Morgan fingerprint density at radius 1 is 1.09 bits per heavy atom. The normalized spacial score (nSPS) is 12.5. The number of carbonyl (C=O) groups excluding carboxylic acids is 1. The van der Waals surface area contributed by atoms with E-state index in [1.807, 2.05) is 37.4 Å². The summed E-state index contributed by atoms with van der Waals surface area (Å²) in [5.41, 5.74) is 2.71. The average molecular weight is 473 g/mol. The molecule has 178 valence electrons. The zero-order chi connectivity index (χ0) is 24.3. The van der Waals surface area contributed by atoms with Gasteiger partial charge in [0.15, 0.2) is 0 Å². The number of ether oxygens (including phenoxy) is 3. The number of rotatable bonds is 8. The summed E-state index contributed by atoms with van der Waals surface area (Å²) in [5, 5.41) is 8.11. The van der Waals surface area contributed by atoms with Gasteiger partial charge in [0.1, 0.15) is 24.1 Å². The molecule has 4 rings (SSSR count). The Labute approximate surface area is 193 Å². The van der Waals surface area contributed by atoms with Crippen LogP contribution in [0.3, 0.4) is 0 Å². The van der Waals surface area contributed by atoms with Crippen LogP contribution in [0.1, 0.15) is 25.6 Å². The highest BCUT2D eigenvalue weighted by molar-refractivity contribution is 5.83. The summed E-state index contributed by atoms with van der Waals surface area (Å²) in [6.07, 6.45) is -3.31. The number of aromatic nitrogens is 3. The number of alkyl halides is 3. The highest BCUT2D eigenvalue weighted by Crippen LogP contribution is 2.29. The molecule has 0 aliphatic rings. The number of aromatic amines is 1. The van der Waals surface area contributed by atoms with Gasteiger partial charge in [0.2, 0.25) is 0 Å². The molecule has 1 unspecified atom stereocenters. The predicted octanol–water partition coefficient (Wildman–Crippen LogP) is 5.63. The number of hydrogen-bond donors (Lipinski definition) is 1. The number of fused-ring (bicyclic) bond motifs is 1. The molecule has 34 heavy (non-hydrogen) atoms. The minimum atomic E-state index is -4.74. The largest absolute Gasteiger partial charge is 0.573 e. The van der Waals surface area contributed by atoms with Crippen LogP contribution < -0.4 is 9.47 Å². The van der Waals surface area contributed by atoms with Crippen LogP contribution in [0.25, 0.3) is 22.2 Å². The molecular weight excluding hydrogens is 451 g/mol. The van der Waals surface area contributed by atoms with Gasteiger partial charge in [0.25, 0.3) is 0 Å². The number of H-pyrrole nitrogens is 1. The molecule has 0 radical (unpaired) electrons. The number of carbonyl (C=O) groups is 1. The van der Waals surface area contributed by atoms with Gasteiger partial charge in [0, 0.05) is 17.8 Å². The Bertz CT molecular complexity index is 1280. The molecule has 10 heteroatoms. The van der Waals surface area contributed by atoms with Crippen LogP contribution in [0.4, 0.5) is 13.2 Å². The smallest absolute Gasteiger partial charge is 0.484 e. The van der Waals surface area contributed by atoms with Crippen molar-refractivity contribution >= 4 is 16.9 Å². The van der Waals surface area contributed by atoms with Crippen LogP contribution in [-0.2, 0) is 16.1 Å². The van der Waals surface area contributed by atoms with E-state index in [1.54, 1.807) is 17.6 Å². The second-order valence-electron chi connectivity index (χ2n) is 7.51. The molecule has 0 fully saturated rings. The van der Waals surface area contributed by atoms with Crippen molar-refractivity contribution in [1.82, 2.24) is 14.8 Å². The minimum absolute atomic E-state index is 0.104. The van der Waals surface area contributed by atoms with E-state index in [-0.39, 0.29) is 24.4 Å². The minimum Gasteiger partial charge on any atom is -0.484 e. The third kappa shape index (κ3) is 5.51. The lowest BCUT2D eigenvalue weighted by atomic mass is 10.1. The highest BCUT2D eigenvalue weighted by atomic mass is 19.4. The van der Waals surface area contributed by atoms with Crippen molar-refractivity contribution in [2.45, 2.75) is 32.9 Å². The molecule has 7 nitrogen and oxygen atoms in total. The van der Waals surface area contributed by atoms with Crippen molar-refractivity contribution in [3.63, 3.8) is 0 Å². The van der Waals surface area contributed by atoms with Gasteiger partial charge < -0.3 is 18.8 Å². The van der Waals surface area contributed by atoms with E-state index < -0.39 is 6.36 Å². The standard InChI is InChI=1S/C24H22F3N3O4/c1-3-32-23(31)14-30-11-10-17-6-9-19(12-22(17)30)33-15(2)20-13-21(29-28-20)16-4-7-18(8-5-16)34-24(25,26)27/h4-13,15H,3,14H2,1-2H3,(H,28,29). The monoisotopic (exact) mass is 473 g/mol. The van der Waals surface area contributed by atoms with E-state index in [2.05, 4.69) is 14.9 Å². The fraction of sp³-hybridized carbons (Fsp3) is 0.250. The van der Waals surface area contributed by atoms with Crippen molar-refractivity contribution in [3.8, 4) is 22.8 Å². The van der Waals surface area contributed by atoms with Crippen molar-refractivity contribution in [3.05, 3.63) is 66.5 Å². The summed E-state index contributed by atoms with van der Waals surface area (Å²) in [5.74, 6) is -0.0110. The maximum Gasteiger partial charge on any atom is 0.573 e. The number of benzene rings is 2. The summed E-state index contributed by atoms with van der Waals surface area (Å²) >= 11 is 0. The maximum absolute atomic E-state index is 12.3. The number of halogens is 3. The molecule has 0 bridgehead atoms. The van der Waals surface area contributed by atoms with Crippen LogP contribution >= 0.6 is 0 Å². The Morgan fingerprint density at radius 3 is 2.53 bits per heavy atom. The lowest BCUT2D eigenvalue weighted by molar-refractivity contribution is -0.274. The lowest BCUT2D eigenvalue weighted by Gasteiger charge is -2.13. The number of esters is 1. The SMILES string of the molecule is CCOC(=O)Cn1ccc2ccc(OC(C)c3cc(-c4ccc(OC(F)(F)F)cc4)n[nH]3)cc21. The van der Waals surface area contributed by atoms with Crippen LogP contribution in [0, 0.1) is 0 Å². The molecule has 0 aliphatic carbocycles. The molecule has 4 aromatic rings. The first kappa shape index (κ1) is 23.2. The zero-order valence-electron chi connectivity index (χ0n) is 18.4. The molecule has 2 aromatic carbocycles. The number of nitrogens with one attached hydrogen (secondary N) is 1. The van der Waals surface area contributed by atoms with Gasteiger partial charge >= 0.3 is 12.3 Å². The third-order valence-corrected chi connectivity index (χ3v) is 5.08. The van der Waals surface area contributed by atoms with Crippen LogP contribution in [0.2, 0.25) is 0 Å². The second kappa shape index (κ2) is 9.50. The molecular formula is C24H22F3N3O4. The average Bonchev–Trinajstić information content (AvgIpc) is 3.41. The van der Waals surface area contributed by atoms with Crippen molar-refractivity contribution in [2.75, 3.05) is 6.61 Å². The Balaban J connectivity index is 1.46. The highest BCUT2D eigenvalue weighted by Gasteiger charge is 2.31. The second-order valence-corrected chi connectivity index (χ2v) is 7.51.